The number of morpholine rings is 1. The van der Waals surface area contributed by atoms with Gasteiger partial charge < -0.3 is 14.5 Å². The Morgan fingerprint density at radius 2 is 1.68 bits per heavy atom. The minimum absolute atomic E-state index is 0.0748. The second kappa shape index (κ2) is 10.1. The summed E-state index contributed by atoms with van der Waals surface area (Å²) >= 11 is 0. The van der Waals surface area contributed by atoms with Crippen LogP contribution in [-0.4, -0.2) is 85.8 Å². The zero-order valence-electron chi connectivity index (χ0n) is 20.6. The van der Waals surface area contributed by atoms with Crippen LogP contribution in [0.5, 0.6) is 0 Å². The predicted octanol–water partition coefficient (Wildman–Crippen LogP) is 1.88. The summed E-state index contributed by atoms with van der Waals surface area (Å²) < 4.78 is 34.7. The molecule has 34 heavy (non-hydrogen) atoms. The van der Waals surface area contributed by atoms with Crippen LogP contribution in [-0.2, 0) is 26.1 Å². The van der Waals surface area contributed by atoms with Gasteiger partial charge in [0.15, 0.2) is 0 Å². The first kappa shape index (κ1) is 24.7. The maximum absolute atomic E-state index is 13.2. The lowest BCUT2D eigenvalue weighted by Gasteiger charge is -2.37. The van der Waals surface area contributed by atoms with Crippen molar-refractivity contribution < 1.29 is 17.9 Å². The monoisotopic (exact) mass is 489 g/mol. The van der Waals surface area contributed by atoms with Crippen molar-refractivity contribution in [3.63, 3.8) is 0 Å². The lowest BCUT2D eigenvalue weighted by atomic mass is 10.1. The van der Waals surface area contributed by atoms with Crippen molar-refractivity contribution in [2.45, 2.75) is 45.6 Å². The molecule has 1 aromatic carbocycles. The van der Waals surface area contributed by atoms with Gasteiger partial charge in [-0.3, -0.25) is 9.48 Å². The summed E-state index contributed by atoms with van der Waals surface area (Å²) in [4.78, 5) is 17.4. The summed E-state index contributed by atoms with van der Waals surface area (Å²) in [6.45, 7) is 12.5. The maximum atomic E-state index is 13.2. The van der Waals surface area contributed by atoms with Gasteiger partial charge in [-0.25, -0.2) is 8.42 Å². The van der Waals surface area contributed by atoms with Gasteiger partial charge in [0.25, 0.3) is 0 Å². The average molecular weight is 490 g/mol. The molecule has 0 unspecified atom stereocenters. The fourth-order valence-electron chi connectivity index (χ4n) is 4.80. The summed E-state index contributed by atoms with van der Waals surface area (Å²) in [6.07, 6.45) is 0.294. The molecule has 4 rings (SSSR count). The minimum Gasteiger partial charge on any atom is -0.379 e. The summed E-state index contributed by atoms with van der Waals surface area (Å²) in [7, 11) is -3.63. The molecule has 2 aliphatic heterocycles. The SMILES string of the molecule is Cc1ccc(C)c(N2CCN(C(=O)CCn3nc(C)c(S(=O)(=O)N4CCOCC4)c3C)CC2)c1. The van der Waals surface area contributed by atoms with Crippen molar-refractivity contribution in [1.82, 2.24) is 19.0 Å². The number of hydrogen-bond donors (Lipinski definition) is 0. The molecule has 0 saturated carbocycles. The second-order valence-corrected chi connectivity index (χ2v) is 11.0. The lowest BCUT2D eigenvalue weighted by molar-refractivity contribution is -0.131. The zero-order valence-corrected chi connectivity index (χ0v) is 21.4. The molecule has 0 aliphatic carbocycles. The van der Waals surface area contributed by atoms with Crippen LogP contribution >= 0.6 is 0 Å². The minimum atomic E-state index is -3.63. The molecule has 1 aromatic heterocycles. The highest BCUT2D eigenvalue weighted by Gasteiger charge is 2.32. The number of piperazine rings is 1. The summed E-state index contributed by atoms with van der Waals surface area (Å²) in [6, 6.07) is 6.47. The molecule has 0 N–H and O–H groups in total. The van der Waals surface area contributed by atoms with Gasteiger partial charge >= 0.3 is 0 Å². The smallest absolute Gasteiger partial charge is 0.246 e. The predicted molar refractivity (Wildman–Crippen MR) is 131 cm³/mol. The molecule has 2 aliphatic rings. The summed E-state index contributed by atoms with van der Waals surface area (Å²) in [5.41, 5.74) is 4.77. The van der Waals surface area contributed by atoms with E-state index in [2.05, 4.69) is 42.0 Å². The molecule has 3 heterocycles. The molecular formula is C24H35N5O4S. The molecule has 1 amide bonds. The Morgan fingerprint density at radius 3 is 2.35 bits per heavy atom. The quantitative estimate of drug-likeness (QED) is 0.616. The van der Waals surface area contributed by atoms with Crippen LogP contribution in [0.15, 0.2) is 23.1 Å². The largest absolute Gasteiger partial charge is 0.379 e. The van der Waals surface area contributed by atoms with Crippen molar-refractivity contribution in [3.8, 4) is 0 Å². The second-order valence-electron chi connectivity index (χ2n) is 9.15. The van der Waals surface area contributed by atoms with E-state index in [-0.39, 0.29) is 10.8 Å². The number of aryl methyl sites for hydroxylation is 4. The van der Waals surface area contributed by atoms with Gasteiger partial charge in [-0.05, 0) is 44.9 Å². The number of amides is 1. The van der Waals surface area contributed by atoms with Crippen molar-refractivity contribution in [2.75, 3.05) is 57.4 Å². The number of aromatic nitrogens is 2. The van der Waals surface area contributed by atoms with Crippen molar-refractivity contribution in [1.29, 1.82) is 0 Å². The molecule has 9 nitrogen and oxygen atoms in total. The molecule has 0 atom stereocenters. The Labute approximate surface area is 202 Å². The molecule has 186 valence electrons. The van der Waals surface area contributed by atoms with Gasteiger partial charge in [0.2, 0.25) is 15.9 Å². The van der Waals surface area contributed by atoms with Crippen LogP contribution in [0.25, 0.3) is 0 Å². The third-order valence-electron chi connectivity index (χ3n) is 6.76. The van der Waals surface area contributed by atoms with Gasteiger partial charge in [-0.1, -0.05) is 12.1 Å². The number of carbonyl (C=O) groups excluding carboxylic acids is 1. The maximum Gasteiger partial charge on any atom is 0.246 e. The molecule has 0 radical (unpaired) electrons. The molecule has 2 fully saturated rings. The van der Waals surface area contributed by atoms with Gasteiger partial charge in [-0.15, -0.1) is 0 Å². The van der Waals surface area contributed by atoms with E-state index in [1.165, 1.54) is 21.1 Å². The number of sulfonamides is 1. The van der Waals surface area contributed by atoms with E-state index in [0.717, 1.165) is 13.1 Å². The van der Waals surface area contributed by atoms with Crippen LogP contribution in [0, 0.1) is 27.7 Å². The highest BCUT2D eigenvalue weighted by atomic mass is 32.2. The number of anilines is 1. The van der Waals surface area contributed by atoms with Gasteiger partial charge in [0, 0.05) is 51.4 Å². The standard InChI is InChI=1S/C24H35N5O4S/c1-18-5-6-19(2)22(17-18)26-9-11-27(12-10-26)23(30)7-8-29-21(4)24(20(3)25-29)34(31,32)28-13-15-33-16-14-28/h5-6,17H,7-16H2,1-4H3. The van der Waals surface area contributed by atoms with Crippen LogP contribution in [0.2, 0.25) is 0 Å². The Hall–Kier alpha value is -2.43. The number of rotatable bonds is 6. The van der Waals surface area contributed by atoms with Crippen LogP contribution in [0.1, 0.15) is 28.9 Å². The van der Waals surface area contributed by atoms with E-state index in [9.17, 15) is 13.2 Å². The number of hydrogen-bond acceptors (Lipinski definition) is 6. The molecular weight excluding hydrogens is 454 g/mol. The van der Waals surface area contributed by atoms with E-state index < -0.39 is 10.0 Å². The first-order valence-electron chi connectivity index (χ1n) is 11.9. The molecule has 0 spiro atoms. The first-order chi connectivity index (χ1) is 16.2. The fraction of sp³-hybridized carbons (Fsp3) is 0.583. The van der Waals surface area contributed by atoms with Crippen molar-refractivity contribution in [2.24, 2.45) is 0 Å². The molecule has 10 heteroatoms. The number of carbonyl (C=O) groups is 1. The Bertz CT molecular complexity index is 1150. The Balaban J connectivity index is 1.37. The number of ether oxygens (including phenoxy) is 1. The molecule has 0 bridgehead atoms. The Kier molecular flexibility index (Phi) is 7.30. The topological polar surface area (TPSA) is 88.0 Å². The number of nitrogens with zero attached hydrogens (tertiary/aromatic N) is 5. The van der Waals surface area contributed by atoms with Crippen molar-refractivity contribution in [3.05, 3.63) is 40.7 Å². The third-order valence-corrected chi connectivity index (χ3v) is 8.91. The molecule has 2 aromatic rings. The van der Waals surface area contributed by atoms with Gasteiger partial charge in [0.1, 0.15) is 4.90 Å². The van der Waals surface area contributed by atoms with E-state index in [0.29, 0.717) is 63.7 Å². The summed E-state index contributed by atoms with van der Waals surface area (Å²) in [5, 5.41) is 4.46. The zero-order chi connectivity index (χ0) is 24.5. The van der Waals surface area contributed by atoms with Crippen LogP contribution < -0.4 is 4.90 Å². The first-order valence-corrected chi connectivity index (χ1v) is 13.3. The normalized spacial score (nSPS) is 17.9. The molecule has 2 saturated heterocycles. The van der Waals surface area contributed by atoms with Crippen LogP contribution in [0.3, 0.4) is 0 Å². The highest BCUT2D eigenvalue weighted by Crippen LogP contribution is 2.25. The van der Waals surface area contributed by atoms with Crippen LogP contribution in [0.4, 0.5) is 5.69 Å². The van der Waals surface area contributed by atoms with Gasteiger partial charge in [-0.2, -0.15) is 9.40 Å². The van der Waals surface area contributed by atoms with E-state index in [1.54, 1.807) is 18.5 Å². The Morgan fingerprint density at radius 1 is 1.00 bits per heavy atom. The fourth-order valence-corrected chi connectivity index (χ4v) is 6.58. The van der Waals surface area contributed by atoms with E-state index in [1.807, 2.05) is 4.90 Å². The summed E-state index contributed by atoms with van der Waals surface area (Å²) in [5.74, 6) is 0.0748. The number of benzene rings is 1. The highest BCUT2D eigenvalue weighted by molar-refractivity contribution is 7.89. The van der Waals surface area contributed by atoms with Gasteiger partial charge in [0.05, 0.1) is 31.1 Å². The van der Waals surface area contributed by atoms with Crippen molar-refractivity contribution >= 4 is 21.6 Å². The van der Waals surface area contributed by atoms with E-state index in [4.69, 9.17) is 4.74 Å². The van der Waals surface area contributed by atoms with E-state index >= 15 is 0 Å². The average Bonchev–Trinajstić information content (AvgIpc) is 3.13. The third kappa shape index (κ3) is 4.99. The lowest BCUT2D eigenvalue weighted by Crippen LogP contribution is -2.49.